The summed E-state index contributed by atoms with van der Waals surface area (Å²) >= 11 is 1.85. The van der Waals surface area contributed by atoms with Crippen LogP contribution in [-0.2, 0) is 6.54 Å². The maximum atomic E-state index is 13.1. The Morgan fingerprint density at radius 1 is 1.41 bits per heavy atom. The van der Waals surface area contributed by atoms with Crippen LogP contribution in [0.15, 0.2) is 35.2 Å². The number of hydrogen-bond donors (Lipinski definition) is 0. The molecule has 0 unspecified atom stereocenters. The lowest BCUT2D eigenvalue weighted by Crippen LogP contribution is -2.33. The summed E-state index contributed by atoms with van der Waals surface area (Å²) in [6.45, 7) is 7.61. The van der Waals surface area contributed by atoms with E-state index in [0.717, 1.165) is 24.3 Å². The highest BCUT2D eigenvalue weighted by Gasteiger charge is 2.27. The number of benzene rings is 1. The van der Waals surface area contributed by atoms with Gasteiger partial charge in [0.2, 0.25) is 0 Å². The molecule has 1 aliphatic heterocycles. The van der Waals surface area contributed by atoms with Gasteiger partial charge in [-0.2, -0.15) is 5.10 Å². The van der Waals surface area contributed by atoms with Gasteiger partial charge in [0.25, 0.3) is 5.91 Å². The molecule has 0 spiro atoms. The van der Waals surface area contributed by atoms with Crippen LogP contribution in [0.25, 0.3) is 0 Å². The molecule has 1 aromatic carbocycles. The van der Waals surface area contributed by atoms with Crippen LogP contribution in [-0.4, -0.2) is 27.5 Å². The van der Waals surface area contributed by atoms with E-state index in [0.29, 0.717) is 17.5 Å². The van der Waals surface area contributed by atoms with Crippen molar-refractivity contribution in [2.24, 2.45) is 0 Å². The Hall–Kier alpha value is -1.75. The van der Waals surface area contributed by atoms with Crippen LogP contribution in [0.3, 0.4) is 0 Å². The lowest BCUT2D eigenvalue weighted by atomic mass is 10.2. The van der Waals surface area contributed by atoms with Crippen molar-refractivity contribution in [1.82, 2.24) is 9.78 Å². The van der Waals surface area contributed by atoms with Gasteiger partial charge >= 0.3 is 0 Å². The number of amides is 1. The van der Waals surface area contributed by atoms with Crippen molar-refractivity contribution in [3.05, 3.63) is 41.7 Å². The van der Waals surface area contributed by atoms with Crippen LogP contribution in [0.2, 0.25) is 0 Å². The highest BCUT2D eigenvalue weighted by molar-refractivity contribution is 8.00. The summed E-state index contributed by atoms with van der Waals surface area (Å²) in [6.07, 6.45) is 0.990. The molecule has 0 N–H and O–H groups in total. The molecule has 22 heavy (non-hydrogen) atoms. The second-order valence-corrected chi connectivity index (χ2v) is 7.11. The van der Waals surface area contributed by atoms with Crippen LogP contribution < -0.4 is 4.90 Å². The minimum Gasteiger partial charge on any atom is -0.306 e. The molecule has 1 amide bonds. The number of aromatic nitrogens is 2. The molecule has 3 rings (SSSR count). The molecule has 4 nitrogen and oxygen atoms in total. The second-order valence-electron chi connectivity index (χ2n) is 5.63. The zero-order valence-electron chi connectivity index (χ0n) is 13.2. The van der Waals surface area contributed by atoms with Gasteiger partial charge in [-0.25, -0.2) is 0 Å². The average molecular weight is 315 g/mol. The molecule has 0 bridgehead atoms. The number of rotatable bonds is 2. The third kappa shape index (κ3) is 2.77. The van der Waals surface area contributed by atoms with Gasteiger partial charge in [-0.05, 0) is 38.5 Å². The molecule has 116 valence electrons. The molecule has 0 saturated heterocycles. The molecule has 2 heterocycles. The Morgan fingerprint density at radius 3 is 2.95 bits per heavy atom. The highest BCUT2D eigenvalue weighted by atomic mass is 32.2. The summed E-state index contributed by atoms with van der Waals surface area (Å²) in [5, 5.41) is 4.91. The number of nitrogens with zero attached hydrogens (tertiary/aromatic N) is 3. The number of carbonyl (C=O) groups is 1. The molecule has 1 aliphatic rings. The Bertz CT molecular complexity index is 695. The second kappa shape index (κ2) is 6.16. The van der Waals surface area contributed by atoms with Crippen molar-refractivity contribution < 1.29 is 4.79 Å². The molecule has 0 radical (unpaired) electrons. The predicted octanol–water partition coefficient (Wildman–Crippen LogP) is 3.74. The average Bonchev–Trinajstić information content (AvgIpc) is 2.80. The molecule has 0 aliphatic carbocycles. The van der Waals surface area contributed by atoms with E-state index in [2.05, 4.69) is 18.1 Å². The van der Waals surface area contributed by atoms with Crippen molar-refractivity contribution in [3.8, 4) is 0 Å². The van der Waals surface area contributed by atoms with E-state index in [1.165, 1.54) is 4.90 Å². The zero-order valence-corrected chi connectivity index (χ0v) is 14.1. The molecule has 5 heteroatoms. The van der Waals surface area contributed by atoms with Crippen molar-refractivity contribution in [3.63, 3.8) is 0 Å². The van der Waals surface area contributed by atoms with Crippen molar-refractivity contribution in [2.45, 2.75) is 43.9 Å². The molecule has 0 fully saturated rings. The van der Waals surface area contributed by atoms with Gasteiger partial charge in [-0.3, -0.25) is 9.48 Å². The zero-order chi connectivity index (χ0) is 15.7. The van der Waals surface area contributed by atoms with E-state index < -0.39 is 0 Å². The first kappa shape index (κ1) is 15.2. The van der Waals surface area contributed by atoms with E-state index in [-0.39, 0.29) is 5.91 Å². The minimum absolute atomic E-state index is 0.0459. The van der Waals surface area contributed by atoms with Gasteiger partial charge in [0.05, 0.1) is 11.4 Å². The lowest BCUT2D eigenvalue weighted by molar-refractivity contribution is 0.0976. The number of carbonyl (C=O) groups excluding carboxylic acids is 1. The first-order valence-corrected chi connectivity index (χ1v) is 8.60. The van der Waals surface area contributed by atoms with E-state index >= 15 is 0 Å². The predicted molar refractivity (Wildman–Crippen MR) is 90.7 cm³/mol. The molecular weight excluding hydrogens is 294 g/mol. The largest absolute Gasteiger partial charge is 0.306 e. The van der Waals surface area contributed by atoms with E-state index in [9.17, 15) is 4.79 Å². The summed E-state index contributed by atoms with van der Waals surface area (Å²) < 4.78 is 1.79. The molecule has 2 aromatic rings. The summed E-state index contributed by atoms with van der Waals surface area (Å²) in [5.74, 6) is 0.0459. The lowest BCUT2D eigenvalue weighted by Gasteiger charge is -2.22. The fourth-order valence-corrected chi connectivity index (χ4v) is 3.91. The van der Waals surface area contributed by atoms with Gasteiger partial charge in [0, 0.05) is 23.2 Å². The first-order valence-electron chi connectivity index (χ1n) is 7.72. The third-order valence-electron chi connectivity index (χ3n) is 3.91. The Morgan fingerprint density at radius 2 is 2.18 bits per heavy atom. The maximum Gasteiger partial charge on any atom is 0.276 e. The summed E-state index contributed by atoms with van der Waals surface area (Å²) in [6, 6.07) is 10.1. The van der Waals surface area contributed by atoms with Crippen LogP contribution in [0.1, 0.15) is 36.5 Å². The highest BCUT2D eigenvalue weighted by Crippen LogP contribution is 2.37. The molecule has 1 atom stereocenters. The van der Waals surface area contributed by atoms with Crippen LogP contribution in [0, 0.1) is 6.92 Å². The van der Waals surface area contributed by atoms with Crippen LogP contribution >= 0.6 is 11.8 Å². The third-order valence-corrected chi connectivity index (χ3v) is 5.15. The van der Waals surface area contributed by atoms with E-state index in [4.69, 9.17) is 0 Å². The first-order chi connectivity index (χ1) is 10.6. The topological polar surface area (TPSA) is 38.1 Å². The summed E-state index contributed by atoms with van der Waals surface area (Å²) in [7, 11) is 0. The fraction of sp³-hybridized carbons (Fsp3) is 0.412. The Balaban J connectivity index is 2.01. The molecule has 1 aromatic heterocycles. The number of anilines is 1. The van der Waals surface area contributed by atoms with Crippen molar-refractivity contribution in [1.29, 1.82) is 0 Å². The standard InChI is InChI=1S/C17H21N3OS/c1-4-20-15(11-12(2)18-20)17(21)19-10-9-13(3)22-16-8-6-5-7-14(16)19/h5-8,11,13H,4,9-10H2,1-3H3/t13-/m0/s1. The number of thioether (sulfide) groups is 1. The van der Waals surface area contributed by atoms with Gasteiger partial charge in [0.1, 0.15) is 5.69 Å². The molecular formula is C17H21N3OS. The Kier molecular flexibility index (Phi) is 4.25. The Labute approximate surface area is 135 Å². The number of para-hydroxylation sites is 1. The van der Waals surface area contributed by atoms with Gasteiger partial charge in [-0.15, -0.1) is 11.8 Å². The summed E-state index contributed by atoms with van der Waals surface area (Å²) in [4.78, 5) is 16.2. The van der Waals surface area contributed by atoms with Gasteiger partial charge in [-0.1, -0.05) is 19.1 Å². The number of fused-ring (bicyclic) bond motifs is 1. The van der Waals surface area contributed by atoms with Crippen LogP contribution in [0.4, 0.5) is 5.69 Å². The van der Waals surface area contributed by atoms with Crippen molar-refractivity contribution >= 4 is 23.4 Å². The SMILES string of the molecule is CCn1nc(C)cc1C(=O)N1CC[C@H](C)Sc2ccccc21. The van der Waals surface area contributed by atoms with Crippen molar-refractivity contribution in [2.75, 3.05) is 11.4 Å². The van der Waals surface area contributed by atoms with Gasteiger partial charge < -0.3 is 4.90 Å². The number of hydrogen-bond acceptors (Lipinski definition) is 3. The number of aryl methyl sites for hydroxylation is 2. The van der Waals surface area contributed by atoms with Gasteiger partial charge in [0.15, 0.2) is 0 Å². The monoisotopic (exact) mass is 315 g/mol. The normalized spacial score (nSPS) is 18.0. The minimum atomic E-state index is 0.0459. The maximum absolute atomic E-state index is 13.1. The van der Waals surface area contributed by atoms with E-state index in [1.807, 2.05) is 54.8 Å². The fourth-order valence-electron chi connectivity index (χ4n) is 2.79. The molecule has 0 saturated carbocycles. The van der Waals surface area contributed by atoms with Crippen LogP contribution in [0.5, 0.6) is 0 Å². The summed E-state index contributed by atoms with van der Waals surface area (Å²) in [5.41, 5.74) is 2.58. The smallest absolute Gasteiger partial charge is 0.276 e. The van der Waals surface area contributed by atoms with E-state index in [1.54, 1.807) is 4.68 Å². The quantitative estimate of drug-likeness (QED) is 0.847.